The van der Waals surface area contributed by atoms with E-state index in [9.17, 15) is 0 Å². The first kappa shape index (κ1) is 12.8. The summed E-state index contributed by atoms with van der Waals surface area (Å²) in [4.78, 5) is 7.68. The fraction of sp³-hybridized carbons (Fsp3) is 0.133. The number of para-hydroxylation sites is 2. The lowest BCUT2D eigenvalue weighted by Gasteiger charge is -2.06. The van der Waals surface area contributed by atoms with Gasteiger partial charge in [0.25, 0.3) is 0 Å². The zero-order chi connectivity index (χ0) is 13.9. The number of fused-ring (bicyclic) bond motifs is 1. The summed E-state index contributed by atoms with van der Waals surface area (Å²) in [7, 11) is 1.60. The van der Waals surface area contributed by atoms with Crippen molar-refractivity contribution in [1.82, 2.24) is 9.97 Å². The van der Waals surface area contributed by atoms with Crippen molar-refractivity contribution in [3.63, 3.8) is 0 Å². The van der Waals surface area contributed by atoms with E-state index in [0.717, 1.165) is 22.5 Å². The topological polar surface area (TPSA) is 49.9 Å². The van der Waals surface area contributed by atoms with Gasteiger partial charge in [-0.15, -0.1) is 0 Å². The molecule has 102 valence electrons. The van der Waals surface area contributed by atoms with Crippen LogP contribution in [0.1, 0.15) is 5.56 Å². The minimum atomic E-state index is 0.608. The predicted molar refractivity (Wildman–Crippen MR) is 81.4 cm³/mol. The quantitative estimate of drug-likeness (QED) is 0.766. The van der Waals surface area contributed by atoms with Crippen LogP contribution in [0.5, 0.6) is 5.75 Å². The van der Waals surface area contributed by atoms with Crippen LogP contribution in [0.4, 0.5) is 5.95 Å². The van der Waals surface area contributed by atoms with Crippen LogP contribution in [0.3, 0.4) is 0 Å². The molecular weight excluding hydrogens is 274 g/mol. The fourth-order valence-corrected chi connectivity index (χ4v) is 2.32. The number of imidazole rings is 1. The zero-order valence-corrected chi connectivity index (χ0v) is 11.7. The Bertz CT molecular complexity index is 706. The van der Waals surface area contributed by atoms with Gasteiger partial charge in [-0.1, -0.05) is 29.8 Å². The van der Waals surface area contributed by atoms with E-state index in [2.05, 4.69) is 15.3 Å². The molecule has 20 heavy (non-hydrogen) atoms. The third-order valence-electron chi connectivity index (χ3n) is 3.07. The van der Waals surface area contributed by atoms with Gasteiger partial charge < -0.3 is 15.0 Å². The Morgan fingerprint density at radius 2 is 2.10 bits per heavy atom. The Morgan fingerprint density at radius 3 is 2.85 bits per heavy atom. The molecule has 0 bridgehead atoms. The van der Waals surface area contributed by atoms with Gasteiger partial charge >= 0.3 is 0 Å². The summed E-state index contributed by atoms with van der Waals surface area (Å²) >= 11 is 6.10. The van der Waals surface area contributed by atoms with Crippen molar-refractivity contribution in [2.75, 3.05) is 12.4 Å². The highest BCUT2D eigenvalue weighted by molar-refractivity contribution is 6.32. The maximum Gasteiger partial charge on any atom is 0.201 e. The smallest absolute Gasteiger partial charge is 0.201 e. The van der Waals surface area contributed by atoms with Crippen molar-refractivity contribution in [3.8, 4) is 5.75 Å². The number of methoxy groups -OCH3 is 1. The van der Waals surface area contributed by atoms with E-state index in [1.807, 2.05) is 42.5 Å². The van der Waals surface area contributed by atoms with Crippen molar-refractivity contribution in [1.29, 1.82) is 0 Å². The second kappa shape index (κ2) is 5.43. The summed E-state index contributed by atoms with van der Waals surface area (Å²) in [6.07, 6.45) is 0. The van der Waals surface area contributed by atoms with Crippen LogP contribution in [-0.2, 0) is 6.54 Å². The molecule has 0 unspecified atom stereocenters. The third-order valence-corrected chi connectivity index (χ3v) is 3.36. The molecule has 1 aromatic heterocycles. The van der Waals surface area contributed by atoms with E-state index in [0.29, 0.717) is 17.3 Å². The first-order chi connectivity index (χ1) is 9.76. The number of hydrogen-bond donors (Lipinski definition) is 2. The highest BCUT2D eigenvalue weighted by Gasteiger charge is 2.04. The van der Waals surface area contributed by atoms with Gasteiger partial charge in [0.05, 0.1) is 23.2 Å². The lowest BCUT2D eigenvalue weighted by molar-refractivity contribution is 0.415. The molecule has 4 nitrogen and oxygen atoms in total. The molecule has 0 aliphatic rings. The molecule has 5 heteroatoms. The Hall–Kier alpha value is -2.20. The SMILES string of the molecule is COc1ccc(CNc2nc3ccccc3[nH]2)cc1Cl. The van der Waals surface area contributed by atoms with Crippen molar-refractivity contribution in [2.24, 2.45) is 0 Å². The van der Waals surface area contributed by atoms with Gasteiger partial charge in [0, 0.05) is 6.54 Å². The molecule has 0 amide bonds. The van der Waals surface area contributed by atoms with Gasteiger partial charge in [-0.3, -0.25) is 0 Å². The van der Waals surface area contributed by atoms with Crippen LogP contribution >= 0.6 is 11.6 Å². The average Bonchev–Trinajstić information content (AvgIpc) is 2.88. The molecular formula is C15H14ClN3O. The molecule has 0 saturated heterocycles. The Kier molecular flexibility index (Phi) is 3.48. The minimum absolute atomic E-state index is 0.608. The molecule has 2 N–H and O–H groups in total. The molecule has 0 radical (unpaired) electrons. The van der Waals surface area contributed by atoms with Crippen LogP contribution in [0.25, 0.3) is 11.0 Å². The minimum Gasteiger partial charge on any atom is -0.495 e. The van der Waals surface area contributed by atoms with E-state index in [1.54, 1.807) is 7.11 Å². The number of nitrogens with zero attached hydrogens (tertiary/aromatic N) is 1. The number of ether oxygens (including phenoxy) is 1. The fourth-order valence-electron chi connectivity index (χ4n) is 2.04. The summed E-state index contributed by atoms with van der Waals surface area (Å²) in [6.45, 7) is 0.642. The molecule has 0 fully saturated rings. The van der Waals surface area contributed by atoms with Crippen LogP contribution in [-0.4, -0.2) is 17.1 Å². The van der Waals surface area contributed by atoms with Crippen LogP contribution < -0.4 is 10.1 Å². The molecule has 3 rings (SSSR count). The Morgan fingerprint density at radius 1 is 1.25 bits per heavy atom. The van der Waals surface area contributed by atoms with Crippen molar-refractivity contribution < 1.29 is 4.74 Å². The first-order valence-corrected chi connectivity index (χ1v) is 6.65. The summed E-state index contributed by atoms with van der Waals surface area (Å²) in [5.74, 6) is 1.43. The molecule has 1 heterocycles. The van der Waals surface area contributed by atoms with E-state index in [1.165, 1.54) is 0 Å². The third kappa shape index (κ3) is 2.56. The average molecular weight is 288 g/mol. The monoisotopic (exact) mass is 287 g/mol. The van der Waals surface area contributed by atoms with Crippen LogP contribution in [0.2, 0.25) is 5.02 Å². The van der Waals surface area contributed by atoms with Gasteiger partial charge in [-0.05, 0) is 29.8 Å². The first-order valence-electron chi connectivity index (χ1n) is 6.27. The number of aromatic amines is 1. The largest absolute Gasteiger partial charge is 0.495 e. The highest BCUT2D eigenvalue weighted by Crippen LogP contribution is 2.25. The maximum absolute atomic E-state index is 6.10. The number of halogens is 1. The number of hydrogen-bond acceptors (Lipinski definition) is 3. The standard InChI is InChI=1S/C15H14ClN3O/c1-20-14-7-6-10(8-11(14)16)9-17-15-18-12-4-2-3-5-13(12)19-15/h2-8H,9H2,1H3,(H2,17,18,19). The molecule has 0 aliphatic carbocycles. The van der Waals surface area contributed by atoms with E-state index in [4.69, 9.17) is 16.3 Å². The summed E-state index contributed by atoms with van der Waals surface area (Å²) < 4.78 is 5.13. The van der Waals surface area contributed by atoms with E-state index < -0.39 is 0 Å². The van der Waals surface area contributed by atoms with E-state index >= 15 is 0 Å². The molecule has 0 saturated carbocycles. The van der Waals surface area contributed by atoms with E-state index in [-0.39, 0.29) is 0 Å². The number of rotatable bonds is 4. The summed E-state index contributed by atoms with van der Waals surface area (Å²) in [5, 5.41) is 3.86. The number of nitrogens with one attached hydrogen (secondary N) is 2. The number of benzene rings is 2. The Balaban J connectivity index is 1.74. The Labute approximate surface area is 121 Å². The molecule has 0 atom stereocenters. The number of aromatic nitrogens is 2. The van der Waals surface area contributed by atoms with Gasteiger partial charge in [0.2, 0.25) is 5.95 Å². The zero-order valence-electron chi connectivity index (χ0n) is 11.0. The van der Waals surface area contributed by atoms with Crippen molar-refractivity contribution in [3.05, 3.63) is 53.1 Å². The lowest BCUT2D eigenvalue weighted by Crippen LogP contribution is -2.01. The van der Waals surface area contributed by atoms with Gasteiger partial charge in [-0.2, -0.15) is 0 Å². The molecule has 2 aromatic carbocycles. The maximum atomic E-state index is 6.10. The predicted octanol–water partition coefficient (Wildman–Crippen LogP) is 3.84. The lowest BCUT2D eigenvalue weighted by atomic mass is 10.2. The second-order valence-electron chi connectivity index (χ2n) is 4.43. The van der Waals surface area contributed by atoms with Crippen LogP contribution in [0.15, 0.2) is 42.5 Å². The van der Waals surface area contributed by atoms with Gasteiger partial charge in [-0.25, -0.2) is 4.98 Å². The molecule has 0 aliphatic heterocycles. The summed E-state index contributed by atoms with van der Waals surface area (Å²) in [5.41, 5.74) is 3.03. The second-order valence-corrected chi connectivity index (χ2v) is 4.83. The number of anilines is 1. The normalized spacial score (nSPS) is 10.7. The van der Waals surface area contributed by atoms with Gasteiger partial charge in [0.15, 0.2) is 0 Å². The number of H-pyrrole nitrogens is 1. The molecule has 3 aromatic rings. The molecule has 0 spiro atoms. The highest BCUT2D eigenvalue weighted by atomic mass is 35.5. The van der Waals surface area contributed by atoms with Crippen molar-refractivity contribution in [2.45, 2.75) is 6.54 Å². The van der Waals surface area contributed by atoms with Crippen molar-refractivity contribution >= 4 is 28.6 Å². The van der Waals surface area contributed by atoms with Gasteiger partial charge in [0.1, 0.15) is 5.75 Å². The summed E-state index contributed by atoms with van der Waals surface area (Å²) in [6, 6.07) is 13.6. The van der Waals surface area contributed by atoms with Crippen LogP contribution in [0, 0.1) is 0 Å².